The van der Waals surface area contributed by atoms with E-state index in [0.29, 0.717) is 6.04 Å². The van der Waals surface area contributed by atoms with E-state index >= 15 is 0 Å². The maximum absolute atomic E-state index is 9.08. The molecule has 0 spiro atoms. The molecule has 1 heterocycles. The molecule has 0 aromatic heterocycles. The Morgan fingerprint density at radius 2 is 1.86 bits per heavy atom. The van der Waals surface area contributed by atoms with Gasteiger partial charge in [-0.15, -0.1) is 0 Å². The molecule has 3 nitrogen and oxygen atoms in total. The minimum absolute atomic E-state index is 0.266. The molecular weight excluding hydrogens is 176 g/mol. The Morgan fingerprint density at radius 1 is 1.14 bits per heavy atom. The van der Waals surface area contributed by atoms with Crippen molar-refractivity contribution in [2.45, 2.75) is 31.7 Å². The first-order valence-electron chi connectivity index (χ1n) is 5.63. The zero-order valence-corrected chi connectivity index (χ0v) is 8.61. The first-order chi connectivity index (χ1) is 6.92. The number of rotatable bonds is 1. The Hall–Kier alpha value is -0.590. The molecule has 1 aliphatic carbocycles. The molecule has 1 saturated carbocycles. The number of nitriles is 1. The first kappa shape index (κ1) is 9.95. The van der Waals surface area contributed by atoms with Gasteiger partial charge in [0.05, 0.1) is 25.2 Å². The molecule has 0 radical (unpaired) electrons. The van der Waals surface area contributed by atoms with Gasteiger partial charge in [0.25, 0.3) is 0 Å². The van der Waals surface area contributed by atoms with Gasteiger partial charge in [0, 0.05) is 19.1 Å². The number of nitrogens with zero attached hydrogens (tertiary/aromatic N) is 2. The summed E-state index contributed by atoms with van der Waals surface area (Å²) in [6, 6.07) is 2.98. The first-order valence-corrected chi connectivity index (χ1v) is 5.63. The summed E-state index contributed by atoms with van der Waals surface area (Å²) < 4.78 is 5.33. The summed E-state index contributed by atoms with van der Waals surface area (Å²) >= 11 is 0. The maximum Gasteiger partial charge on any atom is 0.0672 e. The van der Waals surface area contributed by atoms with Crippen molar-refractivity contribution in [1.82, 2.24) is 4.90 Å². The second-order valence-electron chi connectivity index (χ2n) is 4.24. The molecule has 2 unspecified atom stereocenters. The molecule has 0 aromatic carbocycles. The molecule has 14 heavy (non-hydrogen) atoms. The van der Waals surface area contributed by atoms with Crippen LogP contribution in [-0.4, -0.2) is 37.2 Å². The van der Waals surface area contributed by atoms with Crippen LogP contribution in [0.2, 0.25) is 0 Å². The lowest BCUT2D eigenvalue weighted by atomic mass is 9.84. The fraction of sp³-hybridized carbons (Fsp3) is 0.909. The molecule has 0 N–H and O–H groups in total. The molecule has 2 aliphatic rings. The minimum Gasteiger partial charge on any atom is -0.379 e. The lowest BCUT2D eigenvalue weighted by molar-refractivity contribution is 0.0000170. The normalized spacial score (nSPS) is 35.1. The summed E-state index contributed by atoms with van der Waals surface area (Å²) in [5, 5.41) is 9.08. The Kier molecular flexibility index (Phi) is 3.39. The largest absolute Gasteiger partial charge is 0.379 e. The van der Waals surface area contributed by atoms with Gasteiger partial charge in [0.15, 0.2) is 0 Å². The van der Waals surface area contributed by atoms with Crippen LogP contribution in [0.1, 0.15) is 25.7 Å². The van der Waals surface area contributed by atoms with E-state index < -0.39 is 0 Å². The number of morpholine rings is 1. The van der Waals surface area contributed by atoms with Crippen LogP contribution < -0.4 is 0 Å². The average Bonchev–Trinajstić information content (AvgIpc) is 2.30. The van der Waals surface area contributed by atoms with Gasteiger partial charge in [-0.3, -0.25) is 4.90 Å². The van der Waals surface area contributed by atoms with Crippen LogP contribution in [0.4, 0.5) is 0 Å². The SMILES string of the molecule is N#CC1CCCCC1N1CCOCC1. The fourth-order valence-corrected chi connectivity index (χ4v) is 2.61. The van der Waals surface area contributed by atoms with Crippen molar-refractivity contribution >= 4 is 0 Å². The van der Waals surface area contributed by atoms with E-state index in [1.807, 2.05) is 0 Å². The van der Waals surface area contributed by atoms with Crippen LogP contribution in [0.3, 0.4) is 0 Å². The zero-order chi connectivity index (χ0) is 9.80. The third-order valence-corrected chi connectivity index (χ3v) is 3.41. The highest BCUT2D eigenvalue weighted by Gasteiger charge is 2.30. The second kappa shape index (κ2) is 4.77. The van der Waals surface area contributed by atoms with Crippen molar-refractivity contribution in [3.8, 4) is 6.07 Å². The molecule has 78 valence electrons. The van der Waals surface area contributed by atoms with Crippen LogP contribution in [0.15, 0.2) is 0 Å². The van der Waals surface area contributed by atoms with Gasteiger partial charge in [-0.05, 0) is 12.8 Å². The molecule has 3 heteroatoms. The van der Waals surface area contributed by atoms with E-state index in [4.69, 9.17) is 10.00 Å². The van der Waals surface area contributed by atoms with E-state index in [1.54, 1.807) is 0 Å². The molecule has 0 bridgehead atoms. The van der Waals surface area contributed by atoms with Crippen molar-refractivity contribution < 1.29 is 4.74 Å². The van der Waals surface area contributed by atoms with Crippen LogP contribution in [0.5, 0.6) is 0 Å². The second-order valence-corrected chi connectivity index (χ2v) is 4.24. The van der Waals surface area contributed by atoms with E-state index in [-0.39, 0.29) is 5.92 Å². The van der Waals surface area contributed by atoms with Gasteiger partial charge in [0.1, 0.15) is 0 Å². The van der Waals surface area contributed by atoms with Crippen LogP contribution in [-0.2, 0) is 4.74 Å². The molecule has 2 rings (SSSR count). The topological polar surface area (TPSA) is 36.3 Å². The average molecular weight is 194 g/mol. The predicted molar refractivity (Wildman–Crippen MR) is 53.8 cm³/mol. The number of ether oxygens (including phenoxy) is 1. The summed E-state index contributed by atoms with van der Waals surface area (Å²) in [4.78, 5) is 2.45. The molecule has 2 atom stereocenters. The lowest BCUT2D eigenvalue weighted by Gasteiger charge is -2.39. The molecular formula is C11H18N2O. The van der Waals surface area contributed by atoms with Gasteiger partial charge in [-0.2, -0.15) is 5.26 Å². The van der Waals surface area contributed by atoms with Crippen molar-refractivity contribution in [2.24, 2.45) is 5.92 Å². The number of hydrogen-bond donors (Lipinski definition) is 0. The van der Waals surface area contributed by atoms with Crippen LogP contribution >= 0.6 is 0 Å². The molecule has 1 saturated heterocycles. The quantitative estimate of drug-likeness (QED) is 0.633. The summed E-state index contributed by atoms with van der Waals surface area (Å²) in [5.41, 5.74) is 0. The van der Waals surface area contributed by atoms with Crippen molar-refractivity contribution in [3.63, 3.8) is 0 Å². The summed E-state index contributed by atoms with van der Waals surface area (Å²) in [6.07, 6.45) is 4.83. The third kappa shape index (κ3) is 2.08. The minimum atomic E-state index is 0.266. The zero-order valence-electron chi connectivity index (χ0n) is 8.61. The lowest BCUT2D eigenvalue weighted by Crippen LogP contribution is -2.47. The summed E-state index contributed by atoms with van der Waals surface area (Å²) in [5.74, 6) is 0.266. The Labute approximate surface area is 85.6 Å². The molecule has 2 fully saturated rings. The van der Waals surface area contributed by atoms with Crippen molar-refractivity contribution in [3.05, 3.63) is 0 Å². The Bertz CT molecular complexity index is 218. The highest BCUT2D eigenvalue weighted by molar-refractivity contribution is 4.96. The highest BCUT2D eigenvalue weighted by Crippen LogP contribution is 2.28. The van der Waals surface area contributed by atoms with Gasteiger partial charge in [-0.1, -0.05) is 12.8 Å². The predicted octanol–water partition coefficient (Wildman–Crippen LogP) is 1.40. The van der Waals surface area contributed by atoms with Gasteiger partial charge >= 0.3 is 0 Å². The fourth-order valence-electron chi connectivity index (χ4n) is 2.61. The smallest absolute Gasteiger partial charge is 0.0672 e. The van der Waals surface area contributed by atoms with Crippen molar-refractivity contribution in [1.29, 1.82) is 5.26 Å². The molecule has 0 aromatic rings. The van der Waals surface area contributed by atoms with Gasteiger partial charge < -0.3 is 4.74 Å². The van der Waals surface area contributed by atoms with E-state index in [2.05, 4.69) is 11.0 Å². The number of hydrogen-bond acceptors (Lipinski definition) is 3. The third-order valence-electron chi connectivity index (χ3n) is 3.41. The van der Waals surface area contributed by atoms with E-state index in [9.17, 15) is 0 Å². The van der Waals surface area contributed by atoms with Gasteiger partial charge in [-0.25, -0.2) is 0 Å². The highest BCUT2D eigenvalue weighted by atomic mass is 16.5. The monoisotopic (exact) mass is 194 g/mol. The van der Waals surface area contributed by atoms with Crippen LogP contribution in [0.25, 0.3) is 0 Å². The standard InChI is InChI=1S/C11H18N2O/c12-9-10-3-1-2-4-11(10)13-5-7-14-8-6-13/h10-11H,1-8H2. The summed E-state index contributed by atoms with van der Waals surface area (Å²) in [6.45, 7) is 3.72. The molecule has 1 aliphatic heterocycles. The van der Waals surface area contributed by atoms with E-state index in [1.165, 1.54) is 19.3 Å². The molecule has 0 amide bonds. The van der Waals surface area contributed by atoms with Gasteiger partial charge in [0.2, 0.25) is 0 Å². The van der Waals surface area contributed by atoms with Crippen LogP contribution in [0, 0.1) is 17.2 Å². The van der Waals surface area contributed by atoms with E-state index in [0.717, 1.165) is 32.7 Å². The maximum atomic E-state index is 9.08. The Morgan fingerprint density at radius 3 is 2.57 bits per heavy atom. The Balaban J connectivity index is 1.95. The van der Waals surface area contributed by atoms with Crippen molar-refractivity contribution in [2.75, 3.05) is 26.3 Å². The summed E-state index contributed by atoms with van der Waals surface area (Å²) in [7, 11) is 0.